The van der Waals surface area contributed by atoms with Crippen molar-refractivity contribution in [1.29, 1.82) is 0 Å². The molecule has 5 nitrogen and oxygen atoms in total. The van der Waals surface area contributed by atoms with Crippen LogP contribution in [0.4, 0.5) is 5.69 Å². The number of anilines is 1. The second-order valence-corrected chi connectivity index (χ2v) is 9.58. The molecule has 2 atom stereocenters. The fraction of sp³-hybridized carbons (Fsp3) is 0.259. The van der Waals surface area contributed by atoms with Crippen LogP contribution in [0.1, 0.15) is 23.6 Å². The number of piperazine rings is 1. The van der Waals surface area contributed by atoms with Crippen molar-refractivity contribution < 1.29 is 9.59 Å². The summed E-state index contributed by atoms with van der Waals surface area (Å²) in [5, 5.41) is 1.22. The SMILES string of the molecule is O=C1C[C@@H](N2CCN([C@@H](c3ccccc3)c3ccc(Cl)cc3)CC2)C(=O)N1c1cccc(Cl)c1. The molecule has 0 saturated carbocycles. The lowest BCUT2D eigenvalue weighted by Crippen LogP contribution is -2.53. The molecule has 0 radical (unpaired) electrons. The average molecular weight is 494 g/mol. The molecule has 2 saturated heterocycles. The van der Waals surface area contributed by atoms with Gasteiger partial charge in [-0.2, -0.15) is 0 Å². The fourth-order valence-corrected chi connectivity index (χ4v) is 5.30. The molecule has 5 rings (SSSR count). The van der Waals surface area contributed by atoms with E-state index in [1.54, 1.807) is 24.3 Å². The number of rotatable bonds is 5. The smallest absolute Gasteiger partial charge is 0.251 e. The third-order valence-electron chi connectivity index (χ3n) is 6.65. The summed E-state index contributed by atoms with van der Waals surface area (Å²) >= 11 is 12.2. The maximum atomic E-state index is 13.2. The molecule has 0 bridgehead atoms. The summed E-state index contributed by atoms with van der Waals surface area (Å²) in [6.45, 7) is 3.00. The third kappa shape index (κ3) is 4.62. The van der Waals surface area contributed by atoms with Crippen LogP contribution < -0.4 is 4.90 Å². The molecule has 2 fully saturated rings. The molecule has 2 aliphatic rings. The van der Waals surface area contributed by atoms with E-state index in [4.69, 9.17) is 23.2 Å². The van der Waals surface area contributed by atoms with Crippen LogP contribution >= 0.6 is 23.2 Å². The summed E-state index contributed by atoms with van der Waals surface area (Å²) in [5.41, 5.74) is 2.94. The predicted octanol–water partition coefficient (Wildman–Crippen LogP) is 5.03. The van der Waals surface area contributed by atoms with Gasteiger partial charge >= 0.3 is 0 Å². The van der Waals surface area contributed by atoms with Gasteiger partial charge in [0.05, 0.1) is 24.2 Å². The number of carbonyl (C=O) groups excluding carboxylic acids is 2. The van der Waals surface area contributed by atoms with Gasteiger partial charge in [0.1, 0.15) is 0 Å². The van der Waals surface area contributed by atoms with E-state index in [1.807, 2.05) is 18.2 Å². The number of halogens is 2. The Kier molecular flexibility index (Phi) is 6.70. The summed E-state index contributed by atoms with van der Waals surface area (Å²) in [7, 11) is 0. The van der Waals surface area contributed by atoms with E-state index >= 15 is 0 Å². The molecule has 0 N–H and O–H groups in total. The number of hydrogen-bond acceptors (Lipinski definition) is 4. The largest absolute Gasteiger partial charge is 0.290 e. The molecular formula is C27H25Cl2N3O2. The van der Waals surface area contributed by atoms with Crippen molar-refractivity contribution in [3.05, 3.63) is 100 Å². The molecule has 0 unspecified atom stereocenters. The molecule has 0 aromatic heterocycles. The van der Waals surface area contributed by atoms with Gasteiger partial charge in [-0.25, -0.2) is 4.90 Å². The normalized spacial score (nSPS) is 20.6. The highest BCUT2D eigenvalue weighted by Gasteiger charge is 2.43. The fourth-order valence-electron chi connectivity index (χ4n) is 4.99. The molecule has 34 heavy (non-hydrogen) atoms. The number of benzene rings is 3. The molecule has 2 amide bonds. The first kappa shape index (κ1) is 23.1. The monoisotopic (exact) mass is 493 g/mol. The van der Waals surface area contributed by atoms with E-state index in [0.717, 1.165) is 13.1 Å². The summed E-state index contributed by atoms with van der Waals surface area (Å²) in [5.74, 6) is -0.346. The highest BCUT2D eigenvalue weighted by Crippen LogP contribution is 2.32. The Morgan fingerprint density at radius 1 is 0.735 bits per heavy atom. The molecule has 3 aromatic carbocycles. The summed E-state index contributed by atoms with van der Waals surface area (Å²) in [6, 6.07) is 25.0. The highest BCUT2D eigenvalue weighted by molar-refractivity contribution is 6.31. The van der Waals surface area contributed by atoms with Crippen LogP contribution in [0.15, 0.2) is 78.9 Å². The predicted molar refractivity (Wildman–Crippen MR) is 135 cm³/mol. The van der Waals surface area contributed by atoms with Gasteiger partial charge in [0.2, 0.25) is 5.91 Å². The van der Waals surface area contributed by atoms with E-state index in [0.29, 0.717) is 28.8 Å². The molecule has 0 spiro atoms. The number of amides is 2. The number of imide groups is 1. The molecule has 174 valence electrons. The Bertz CT molecular complexity index is 1180. The van der Waals surface area contributed by atoms with Crippen molar-refractivity contribution >= 4 is 40.7 Å². The van der Waals surface area contributed by atoms with E-state index < -0.39 is 6.04 Å². The molecule has 2 aliphatic heterocycles. The summed E-state index contributed by atoms with van der Waals surface area (Å²) in [4.78, 5) is 31.8. The van der Waals surface area contributed by atoms with Crippen LogP contribution in [0, 0.1) is 0 Å². The van der Waals surface area contributed by atoms with Crippen molar-refractivity contribution in [3.8, 4) is 0 Å². The van der Waals surface area contributed by atoms with E-state index in [1.165, 1.54) is 16.0 Å². The number of hydrogen-bond donors (Lipinski definition) is 0. The maximum absolute atomic E-state index is 13.2. The first-order valence-corrected chi connectivity index (χ1v) is 12.2. The zero-order chi connectivity index (χ0) is 23.7. The lowest BCUT2D eigenvalue weighted by Gasteiger charge is -2.41. The van der Waals surface area contributed by atoms with Crippen LogP contribution in [0.3, 0.4) is 0 Å². The maximum Gasteiger partial charge on any atom is 0.251 e. The van der Waals surface area contributed by atoms with E-state index in [2.05, 4.69) is 46.2 Å². The standard InChI is InChI=1S/C27H25Cl2N3O2/c28-21-11-9-20(10-12-21)26(19-5-2-1-3-6-19)31-15-13-30(14-16-31)24-18-25(33)32(27(24)34)23-8-4-7-22(29)17-23/h1-12,17,24,26H,13-16,18H2/t24-,26+/m1/s1. The van der Waals surface area contributed by atoms with Gasteiger partial charge in [0.25, 0.3) is 5.91 Å². The summed E-state index contributed by atoms with van der Waals surface area (Å²) in [6.07, 6.45) is 0.199. The highest BCUT2D eigenvalue weighted by atomic mass is 35.5. The van der Waals surface area contributed by atoms with Gasteiger partial charge in [-0.15, -0.1) is 0 Å². The minimum atomic E-state index is -0.431. The lowest BCUT2D eigenvalue weighted by atomic mass is 9.96. The number of carbonyl (C=O) groups is 2. The molecule has 7 heteroatoms. The molecule has 0 aliphatic carbocycles. The second-order valence-electron chi connectivity index (χ2n) is 8.70. The Morgan fingerprint density at radius 2 is 1.41 bits per heavy atom. The van der Waals surface area contributed by atoms with Crippen molar-refractivity contribution in [2.24, 2.45) is 0 Å². The lowest BCUT2D eigenvalue weighted by molar-refractivity contribution is -0.123. The molecular weight excluding hydrogens is 469 g/mol. The van der Waals surface area contributed by atoms with Gasteiger partial charge in [0, 0.05) is 36.2 Å². The molecule has 2 heterocycles. The quantitative estimate of drug-likeness (QED) is 0.467. The van der Waals surface area contributed by atoms with Crippen LogP contribution in [0.2, 0.25) is 10.0 Å². The van der Waals surface area contributed by atoms with Crippen LogP contribution in [-0.4, -0.2) is 53.8 Å². The van der Waals surface area contributed by atoms with Crippen molar-refractivity contribution in [2.75, 3.05) is 31.1 Å². The van der Waals surface area contributed by atoms with Gasteiger partial charge in [-0.3, -0.25) is 19.4 Å². The zero-order valence-electron chi connectivity index (χ0n) is 18.6. The van der Waals surface area contributed by atoms with Crippen LogP contribution in [0.5, 0.6) is 0 Å². The van der Waals surface area contributed by atoms with Crippen molar-refractivity contribution in [3.63, 3.8) is 0 Å². The third-order valence-corrected chi connectivity index (χ3v) is 7.13. The Balaban J connectivity index is 1.32. The number of nitrogens with zero attached hydrogens (tertiary/aromatic N) is 3. The average Bonchev–Trinajstić information content (AvgIpc) is 3.15. The van der Waals surface area contributed by atoms with E-state index in [9.17, 15) is 9.59 Å². The minimum absolute atomic E-state index is 0.101. The van der Waals surface area contributed by atoms with Gasteiger partial charge in [0.15, 0.2) is 0 Å². The first-order valence-electron chi connectivity index (χ1n) is 11.4. The van der Waals surface area contributed by atoms with Crippen molar-refractivity contribution in [1.82, 2.24) is 9.80 Å². The van der Waals surface area contributed by atoms with Crippen LogP contribution in [-0.2, 0) is 9.59 Å². The van der Waals surface area contributed by atoms with Crippen molar-refractivity contribution in [2.45, 2.75) is 18.5 Å². The Hall–Kier alpha value is -2.70. The topological polar surface area (TPSA) is 43.9 Å². The van der Waals surface area contributed by atoms with Gasteiger partial charge < -0.3 is 0 Å². The Morgan fingerprint density at radius 3 is 2.09 bits per heavy atom. The van der Waals surface area contributed by atoms with Gasteiger partial charge in [-0.05, 0) is 41.5 Å². The van der Waals surface area contributed by atoms with Crippen LogP contribution in [0.25, 0.3) is 0 Å². The second kappa shape index (κ2) is 9.88. The first-order chi connectivity index (χ1) is 16.5. The molecule has 3 aromatic rings. The van der Waals surface area contributed by atoms with E-state index in [-0.39, 0.29) is 24.3 Å². The summed E-state index contributed by atoms with van der Waals surface area (Å²) < 4.78 is 0. The minimum Gasteiger partial charge on any atom is -0.290 e. The zero-order valence-corrected chi connectivity index (χ0v) is 20.1. The Labute approximate surface area is 209 Å². The van der Waals surface area contributed by atoms with Gasteiger partial charge in [-0.1, -0.05) is 71.7 Å².